The number of carbonyl (C=O) groups excluding carboxylic acids is 1. The largest absolute Gasteiger partial charge is 0.478 e. The Kier molecular flexibility index (Phi) is 6.42. The number of aromatic carboxylic acids is 1. The van der Waals surface area contributed by atoms with E-state index < -0.39 is 11.6 Å². The Morgan fingerprint density at radius 2 is 1.88 bits per heavy atom. The van der Waals surface area contributed by atoms with Crippen LogP contribution in [0.3, 0.4) is 0 Å². The van der Waals surface area contributed by atoms with E-state index in [2.05, 4.69) is 14.8 Å². The SMILES string of the molecule is CN(CCN1CCN(c2ccc(C(=O)O)cn2)CC1)C(=O)OC(C)(C)C. The molecule has 1 aliphatic rings. The average Bonchev–Trinajstić information content (AvgIpc) is 2.58. The van der Waals surface area contributed by atoms with Crippen molar-refractivity contribution in [2.45, 2.75) is 26.4 Å². The third-order valence-corrected chi connectivity index (χ3v) is 4.15. The van der Waals surface area contributed by atoms with Gasteiger partial charge in [0.1, 0.15) is 11.4 Å². The molecule has 1 aromatic heterocycles. The second kappa shape index (κ2) is 8.35. The molecule has 1 fully saturated rings. The van der Waals surface area contributed by atoms with Crippen LogP contribution in [0.4, 0.5) is 10.6 Å². The van der Waals surface area contributed by atoms with Gasteiger partial charge in [0.15, 0.2) is 0 Å². The molecule has 0 atom stereocenters. The minimum Gasteiger partial charge on any atom is -0.478 e. The molecule has 26 heavy (non-hydrogen) atoms. The molecule has 1 saturated heterocycles. The number of piperazine rings is 1. The molecule has 8 heteroatoms. The van der Waals surface area contributed by atoms with Crippen LogP contribution in [0.15, 0.2) is 18.3 Å². The molecule has 8 nitrogen and oxygen atoms in total. The first-order chi connectivity index (χ1) is 12.2. The standard InChI is InChI=1S/C18H28N4O4/c1-18(2,3)26-17(25)20(4)7-8-21-9-11-22(12-10-21)15-6-5-14(13-19-15)16(23)24/h5-6,13H,7-12H2,1-4H3,(H,23,24). The number of rotatable bonds is 5. The van der Waals surface area contributed by atoms with E-state index in [4.69, 9.17) is 9.84 Å². The summed E-state index contributed by atoms with van der Waals surface area (Å²) in [4.78, 5) is 33.1. The van der Waals surface area contributed by atoms with Crippen molar-refractivity contribution in [3.05, 3.63) is 23.9 Å². The van der Waals surface area contributed by atoms with E-state index in [9.17, 15) is 9.59 Å². The summed E-state index contributed by atoms with van der Waals surface area (Å²) in [7, 11) is 1.75. The number of anilines is 1. The predicted molar refractivity (Wildman–Crippen MR) is 98.7 cm³/mol. The lowest BCUT2D eigenvalue weighted by molar-refractivity contribution is 0.0282. The summed E-state index contributed by atoms with van der Waals surface area (Å²) in [6.45, 7) is 10.3. The normalized spacial score (nSPS) is 15.6. The Bertz CT molecular complexity index is 619. The molecule has 0 aromatic carbocycles. The highest BCUT2D eigenvalue weighted by atomic mass is 16.6. The minimum absolute atomic E-state index is 0.192. The Morgan fingerprint density at radius 1 is 1.23 bits per heavy atom. The summed E-state index contributed by atoms with van der Waals surface area (Å²) >= 11 is 0. The van der Waals surface area contributed by atoms with E-state index in [1.54, 1.807) is 24.1 Å². The highest BCUT2D eigenvalue weighted by molar-refractivity contribution is 5.87. The Labute approximate surface area is 154 Å². The molecule has 0 radical (unpaired) electrons. The first-order valence-electron chi connectivity index (χ1n) is 8.76. The van der Waals surface area contributed by atoms with Crippen LogP contribution < -0.4 is 4.90 Å². The molecular formula is C18H28N4O4. The van der Waals surface area contributed by atoms with E-state index in [1.165, 1.54) is 6.20 Å². The number of nitrogens with zero attached hydrogens (tertiary/aromatic N) is 4. The molecule has 0 spiro atoms. The highest BCUT2D eigenvalue weighted by Crippen LogP contribution is 2.14. The van der Waals surface area contributed by atoms with Gasteiger partial charge in [0.2, 0.25) is 0 Å². The fraction of sp³-hybridized carbons (Fsp3) is 0.611. The summed E-state index contributed by atoms with van der Waals surface area (Å²) in [5.41, 5.74) is -0.294. The fourth-order valence-electron chi connectivity index (χ4n) is 2.62. The summed E-state index contributed by atoms with van der Waals surface area (Å²) in [5.74, 6) is -0.177. The van der Waals surface area contributed by atoms with Crippen molar-refractivity contribution in [3.63, 3.8) is 0 Å². The number of carboxylic acid groups (broad SMARTS) is 1. The van der Waals surface area contributed by atoms with Crippen molar-refractivity contribution >= 4 is 17.9 Å². The van der Waals surface area contributed by atoms with Crippen molar-refractivity contribution in [2.24, 2.45) is 0 Å². The third-order valence-electron chi connectivity index (χ3n) is 4.15. The topological polar surface area (TPSA) is 86.2 Å². The van der Waals surface area contributed by atoms with Crippen molar-refractivity contribution in [1.29, 1.82) is 0 Å². The zero-order valence-corrected chi connectivity index (χ0v) is 15.9. The Hall–Kier alpha value is -2.35. The second-order valence-corrected chi connectivity index (χ2v) is 7.44. The van der Waals surface area contributed by atoms with Crippen molar-refractivity contribution in [2.75, 3.05) is 51.2 Å². The zero-order valence-electron chi connectivity index (χ0n) is 15.9. The number of ether oxygens (including phenoxy) is 1. The first kappa shape index (κ1) is 20.0. The van der Waals surface area contributed by atoms with Gasteiger partial charge in [0, 0.05) is 52.5 Å². The molecule has 0 aliphatic carbocycles. The minimum atomic E-state index is -0.969. The lowest BCUT2D eigenvalue weighted by atomic mass is 10.2. The maximum absolute atomic E-state index is 12.0. The summed E-state index contributed by atoms with van der Waals surface area (Å²) in [6.07, 6.45) is 1.08. The maximum atomic E-state index is 12.0. The summed E-state index contributed by atoms with van der Waals surface area (Å²) in [6, 6.07) is 3.32. The molecule has 0 unspecified atom stereocenters. The van der Waals surface area contributed by atoms with Crippen LogP contribution in [0.25, 0.3) is 0 Å². The number of carboxylic acids is 1. The average molecular weight is 364 g/mol. The fourth-order valence-corrected chi connectivity index (χ4v) is 2.62. The molecule has 1 amide bonds. The lowest BCUT2D eigenvalue weighted by Crippen LogP contribution is -2.49. The smallest absolute Gasteiger partial charge is 0.410 e. The van der Waals surface area contributed by atoms with Gasteiger partial charge in [-0.05, 0) is 32.9 Å². The number of amides is 1. The number of likely N-dealkylation sites (N-methyl/N-ethyl adjacent to an activating group) is 1. The van der Waals surface area contributed by atoms with Crippen LogP contribution in [0.2, 0.25) is 0 Å². The number of hydrogen-bond donors (Lipinski definition) is 1. The molecule has 1 N–H and O–H groups in total. The van der Waals surface area contributed by atoms with E-state index in [-0.39, 0.29) is 11.7 Å². The summed E-state index contributed by atoms with van der Waals surface area (Å²) in [5, 5.41) is 8.93. The number of aromatic nitrogens is 1. The summed E-state index contributed by atoms with van der Waals surface area (Å²) < 4.78 is 5.35. The van der Waals surface area contributed by atoms with Crippen molar-refractivity contribution < 1.29 is 19.4 Å². The monoisotopic (exact) mass is 364 g/mol. The van der Waals surface area contributed by atoms with Gasteiger partial charge in [-0.1, -0.05) is 0 Å². The van der Waals surface area contributed by atoms with Crippen LogP contribution in [0, 0.1) is 0 Å². The molecule has 2 rings (SSSR count). The third kappa shape index (κ3) is 5.87. The van der Waals surface area contributed by atoms with Gasteiger partial charge >= 0.3 is 12.1 Å². The molecule has 2 heterocycles. The molecule has 144 valence electrons. The van der Waals surface area contributed by atoms with Crippen LogP contribution in [-0.4, -0.2) is 83.9 Å². The first-order valence-corrected chi connectivity index (χ1v) is 8.76. The van der Waals surface area contributed by atoms with Gasteiger partial charge in [-0.2, -0.15) is 0 Å². The number of pyridine rings is 1. The van der Waals surface area contributed by atoms with E-state index >= 15 is 0 Å². The molecule has 1 aromatic rings. The molecule has 0 bridgehead atoms. The van der Waals surface area contributed by atoms with Crippen LogP contribution in [0.5, 0.6) is 0 Å². The zero-order chi connectivity index (χ0) is 19.3. The van der Waals surface area contributed by atoms with Gasteiger partial charge < -0.3 is 19.6 Å². The van der Waals surface area contributed by atoms with Gasteiger partial charge in [0.05, 0.1) is 5.56 Å². The molecule has 1 aliphatic heterocycles. The van der Waals surface area contributed by atoms with Gasteiger partial charge in [-0.25, -0.2) is 14.6 Å². The lowest BCUT2D eigenvalue weighted by Gasteiger charge is -2.36. The van der Waals surface area contributed by atoms with Gasteiger partial charge in [0.25, 0.3) is 0 Å². The molecule has 0 saturated carbocycles. The van der Waals surface area contributed by atoms with E-state index in [0.29, 0.717) is 6.54 Å². The highest BCUT2D eigenvalue weighted by Gasteiger charge is 2.22. The van der Waals surface area contributed by atoms with Gasteiger partial charge in [-0.15, -0.1) is 0 Å². The van der Waals surface area contributed by atoms with Crippen LogP contribution in [-0.2, 0) is 4.74 Å². The number of carbonyl (C=O) groups is 2. The number of hydrogen-bond acceptors (Lipinski definition) is 6. The maximum Gasteiger partial charge on any atom is 0.410 e. The van der Waals surface area contributed by atoms with Gasteiger partial charge in [-0.3, -0.25) is 4.90 Å². The Balaban J connectivity index is 1.76. The van der Waals surface area contributed by atoms with Crippen LogP contribution >= 0.6 is 0 Å². The Morgan fingerprint density at radius 3 is 2.38 bits per heavy atom. The van der Waals surface area contributed by atoms with E-state index in [1.807, 2.05) is 20.8 Å². The second-order valence-electron chi connectivity index (χ2n) is 7.44. The van der Waals surface area contributed by atoms with E-state index in [0.717, 1.165) is 38.5 Å². The molecular weight excluding hydrogens is 336 g/mol. The predicted octanol–water partition coefficient (Wildman–Crippen LogP) is 1.77. The van der Waals surface area contributed by atoms with Crippen molar-refractivity contribution in [3.8, 4) is 0 Å². The quantitative estimate of drug-likeness (QED) is 0.852. The van der Waals surface area contributed by atoms with Crippen molar-refractivity contribution in [1.82, 2.24) is 14.8 Å². The van der Waals surface area contributed by atoms with Crippen LogP contribution in [0.1, 0.15) is 31.1 Å².